The number of hydrogen-bond acceptors (Lipinski definition) is 4. The van der Waals surface area contributed by atoms with Gasteiger partial charge in [0, 0.05) is 4.90 Å². The van der Waals surface area contributed by atoms with Crippen molar-refractivity contribution in [2.24, 2.45) is 0 Å². The van der Waals surface area contributed by atoms with E-state index in [1.54, 1.807) is 23.9 Å². The van der Waals surface area contributed by atoms with Gasteiger partial charge in [0.05, 0.1) is 5.56 Å². The second-order valence-electron chi connectivity index (χ2n) is 4.21. The van der Waals surface area contributed by atoms with Crippen molar-refractivity contribution in [2.75, 3.05) is 19.5 Å². The van der Waals surface area contributed by atoms with Gasteiger partial charge in [0.15, 0.2) is 0 Å². The Kier molecular flexibility index (Phi) is 5.51. The molecule has 2 aromatic rings. The first-order valence-electron chi connectivity index (χ1n) is 6.42. The van der Waals surface area contributed by atoms with Crippen molar-refractivity contribution < 1.29 is 19.4 Å². The Bertz CT molecular complexity index is 595. The molecule has 0 heterocycles. The third-order valence-electron chi connectivity index (χ3n) is 2.76. The van der Waals surface area contributed by atoms with Crippen LogP contribution in [0.25, 0.3) is 0 Å². The predicted molar refractivity (Wildman–Crippen MR) is 82.6 cm³/mol. The van der Waals surface area contributed by atoms with Crippen LogP contribution in [0.4, 0.5) is 0 Å². The van der Waals surface area contributed by atoms with E-state index in [0.717, 1.165) is 5.75 Å². The first-order valence-corrected chi connectivity index (χ1v) is 7.64. The first-order chi connectivity index (χ1) is 10.2. The van der Waals surface area contributed by atoms with Gasteiger partial charge in [-0.25, -0.2) is 4.79 Å². The number of carboxylic acid groups (broad SMARTS) is 1. The van der Waals surface area contributed by atoms with Crippen LogP contribution in [0.1, 0.15) is 10.4 Å². The minimum absolute atomic E-state index is 0.209. The van der Waals surface area contributed by atoms with Crippen molar-refractivity contribution in [3.05, 3.63) is 54.1 Å². The van der Waals surface area contributed by atoms with Gasteiger partial charge in [0.1, 0.15) is 24.7 Å². The molecule has 0 unspecified atom stereocenters. The smallest absolute Gasteiger partial charge is 0.335 e. The van der Waals surface area contributed by atoms with E-state index in [-0.39, 0.29) is 5.56 Å². The standard InChI is InChI=1S/C16H16O4S/c1-21-15-7-5-13(6-8-15)19-9-10-20-14-4-2-3-12(11-14)16(17)18/h2-8,11H,9-10H2,1H3,(H,17,18). The maximum Gasteiger partial charge on any atom is 0.335 e. The monoisotopic (exact) mass is 304 g/mol. The molecule has 110 valence electrons. The SMILES string of the molecule is CSc1ccc(OCCOc2cccc(C(=O)O)c2)cc1. The number of carboxylic acids is 1. The van der Waals surface area contributed by atoms with Crippen LogP contribution in [0.2, 0.25) is 0 Å². The molecule has 5 heteroatoms. The Labute approximate surface area is 127 Å². The van der Waals surface area contributed by atoms with Crippen molar-refractivity contribution >= 4 is 17.7 Å². The van der Waals surface area contributed by atoms with Crippen LogP contribution in [0, 0.1) is 0 Å². The predicted octanol–water partition coefficient (Wildman–Crippen LogP) is 3.56. The zero-order valence-corrected chi connectivity index (χ0v) is 12.4. The van der Waals surface area contributed by atoms with Crippen molar-refractivity contribution in [3.8, 4) is 11.5 Å². The van der Waals surface area contributed by atoms with Crippen molar-refractivity contribution in [2.45, 2.75) is 4.90 Å². The van der Waals surface area contributed by atoms with Crippen LogP contribution in [0.15, 0.2) is 53.4 Å². The van der Waals surface area contributed by atoms with Crippen LogP contribution in [-0.4, -0.2) is 30.5 Å². The summed E-state index contributed by atoms with van der Waals surface area (Å²) in [6, 6.07) is 14.2. The lowest BCUT2D eigenvalue weighted by Crippen LogP contribution is -2.09. The highest BCUT2D eigenvalue weighted by Crippen LogP contribution is 2.19. The van der Waals surface area contributed by atoms with E-state index in [2.05, 4.69) is 0 Å². The lowest BCUT2D eigenvalue weighted by molar-refractivity contribution is 0.0696. The summed E-state index contributed by atoms with van der Waals surface area (Å²) < 4.78 is 11.0. The number of hydrogen-bond donors (Lipinski definition) is 1. The minimum Gasteiger partial charge on any atom is -0.490 e. The third kappa shape index (κ3) is 4.72. The Morgan fingerprint density at radius 1 is 1.05 bits per heavy atom. The first kappa shape index (κ1) is 15.3. The molecule has 4 nitrogen and oxygen atoms in total. The highest BCUT2D eigenvalue weighted by Gasteiger charge is 2.03. The van der Waals surface area contributed by atoms with E-state index in [1.165, 1.54) is 17.0 Å². The topological polar surface area (TPSA) is 55.8 Å². The van der Waals surface area contributed by atoms with Crippen LogP contribution < -0.4 is 9.47 Å². The summed E-state index contributed by atoms with van der Waals surface area (Å²) in [5, 5.41) is 8.89. The molecule has 0 saturated carbocycles. The summed E-state index contributed by atoms with van der Waals surface area (Å²) in [7, 11) is 0. The average molecular weight is 304 g/mol. The largest absolute Gasteiger partial charge is 0.490 e. The van der Waals surface area contributed by atoms with Crippen molar-refractivity contribution in [3.63, 3.8) is 0 Å². The summed E-state index contributed by atoms with van der Waals surface area (Å²) in [4.78, 5) is 12.0. The fourth-order valence-electron chi connectivity index (χ4n) is 1.71. The van der Waals surface area contributed by atoms with Gasteiger partial charge >= 0.3 is 5.97 Å². The fourth-order valence-corrected chi connectivity index (χ4v) is 2.12. The number of rotatable bonds is 7. The molecule has 21 heavy (non-hydrogen) atoms. The Morgan fingerprint density at radius 3 is 2.33 bits per heavy atom. The molecule has 2 aromatic carbocycles. The van der Waals surface area contributed by atoms with E-state index in [4.69, 9.17) is 14.6 Å². The molecule has 0 amide bonds. The average Bonchev–Trinajstić information content (AvgIpc) is 2.52. The molecule has 0 aliphatic heterocycles. The molecule has 0 aliphatic carbocycles. The quantitative estimate of drug-likeness (QED) is 0.626. The highest BCUT2D eigenvalue weighted by molar-refractivity contribution is 7.98. The Balaban J connectivity index is 1.78. The summed E-state index contributed by atoms with van der Waals surface area (Å²) in [5.41, 5.74) is 0.209. The second-order valence-corrected chi connectivity index (χ2v) is 5.09. The molecule has 0 aromatic heterocycles. The highest BCUT2D eigenvalue weighted by atomic mass is 32.2. The van der Waals surface area contributed by atoms with Gasteiger partial charge in [-0.05, 0) is 48.7 Å². The van der Waals surface area contributed by atoms with Gasteiger partial charge in [-0.3, -0.25) is 0 Å². The minimum atomic E-state index is -0.967. The zero-order valence-electron chi connectivity index (χ0n) is 11.6. The van der Waals surface area contributed by atoms with E-state index < -0.39 is 5.97 Å². The lowest BCUT2D eigenvalue weighted by Gasteiger charge is -2.09. The number of benzene rings is 2. The Hall–Kier alpha value is -2.14. The third-order valence-corrected chi connectivity index (χ3v) is 3.50. The Morgan fingerprint density at radius 2 is 1.71 bits per heavy atom. The molecule has 0 atom stereocenters. The molecular weight excluding hydrogens is 288 g/mol. The molecule has 0 radical (unpaired) electrons. The maximum atomic E-state index is 10.8. The summed E-state index contributed by atoms with van der Waals surface area (Å²) in [5.74, 6) is 0.345. The number of ether oxygens (including phenoxy) is 2. The van der Waals surface area contributed by atoms with Crippen LogP contribution in [0.3, 0.4) is 0 Å². The summed E-state index contributed by atoms with van der Waals surface area (Å²) >= 11 is 1.68. The van der Waals surface area contributed by atoms with Gasteiger partial charge in [-0.1, -0.05) is 6.07 Å². The van der Waals surface area contributed by atoms with Crippen LogP contribution in [-0.2, 0) is 0 Å². The number of aromatic carboxylic acids is 1. The number of thioether (sulfide) groups is 1. The van der Waals surface area contributed by atoms with E-state index in [9.17, 15) is 4.79 Å². The van der Waals surface area contributed by atoms with Gasteiger partial charge < -0.3 is 14.6 Å². The van der Waals surface area contributed by atoms with Gasteiger partial charge in [0.25, 0.3) is 0 Å². The van der Waals surface area contributed by atoms with Crippen LogP contribution in [0.5, 0.6) is 11.5 Å². The molecule has 0 saturated heterocycles. The maximum absolute atomic E-state index is 10.8. The van der Waals surface area contributed by atoms with Gasteiger partial charge in [-0.15, -0.1) is 11.8 Å². The molecule has 2 rings (SSSR count). The molecular formula is C16H16O4S. The molecule has 0 aliphatic rings. The van der Waals surface area contributed by atoms with Gasteiger partial charge in [-0.2, -0.15) is 0 Å². The molecule has 1 N–H and O–H groups in total. The van der Waals surface area contributed by atoms with Crippen molar-refractivity contribution in [1.29, 1.82) is 0 Å². The molecule has 0 bridgehead atoms. The van der Waals surface area contributed by atoms with E-state index >= 15 is 0 Å². The van der Waals surface area contributed by atoms with E-state index in [1.807, 2.05) is 30.5 Å². The lowest BCUT2D eigenvalue weighted by atomic mass is 10.2. The fraction of sp³-hybridized carbons (Fsp3) is 0.188. The van der Waals surface area contributed by atoms with Crippen LogP contribution >= 0.6 is 11.8 Å². The van der Waals surface area contributed by atoms with Crippen molar-refractivity contribution in [1.82, 2.24) is 0 Å². The second kappa shape index (κ2) is 7.59. The summed E-state index contributed by atoms with van der Waals surface area (Å²) in [6.07, 6.45) is 2.02. The normalized spacial score (nSPS) is 10.1. The molecule has 0 fully saturated rings. The number of carbonyl (C=O) groups is 1. The summed E-state index contributed by atoms with van der Waals surface area (Å²) in [6.45, 7) is 0.753. The zero-order chi connectivity index (χ0) is 15.1. The van der Waals surface area contributed by atoms with Gasteiger partial charge in [0.2, 0.25) is 0 Å². The molecule has 0 spiro atoms. The van der Waals surface area contributed by atoms with E-state index in [0.29, 0.717) is 19.0 Å².